The van der Waals surface area contributed by atoms with Crippen LogP contribution in [-0.4, -0.2) is 14.4 Å². The minimum absolute atomic E-state index is 0.961. The van der Waals surface area contributed by atoms with Crippen molar-refractivity contribution in [2.24, 2.45) is 0 Å². The average molecular weight is 161 g/mol. The topological polar surface area (TPSA) is 30.2 Å². The third-order valence-corrected chi connectivity index (χ3v) is 2.03. The van der Waals surface area contributed by atoms with Crippen molar-refractivity contribution < 1.29 is 0 Å². The number of nitrogens with zero attached hydrogens (tertiary/aromatic N) is 3. The van der Waals surface area contributed by atoms with E-state index in [0.717, 1.165) is 23.5 Å². The van der Waals surface area contributed by atoms with Crippen LogP contribution in [0, 0.1) is 6.92 Å². The summed E-state index contributed by atoms with van der Waals surface area (Å²) >= 11 is 0. The van der Waals surface area contributed by atoms with E-state index >= 15 is 0 Å². The van der Waals surface area contributed by atoms with E-state index in [1.165, 1.54) is 0 Å². The number of imidazole rings is 1. The molecule has 0 amide bonds. The molecule has 0 saturated heterocycles. The first-order chi connectivity index (χ1) is 5.83. The molecule has 0 bridgehead atoms. The lowest BCUT2D eigenvalue weighted by Crippen LogP contribution is -1.87. The number of fused-ring (bicyclic) bond motifs is 1. The summed E-state index contributed by atoms with van der Waals surface area (Å²) in [5, 5.41) is 0. The summed E-state index contributed by atoms with van der Waals surface area (Å²) in [6.45, 7) is 4.11. The van der Waals surface area contributed by atoms with Crippen molar-refractivity contribution in [3.8, 4) is 0 Å². The van der Waals surface area contributed by atoms with Gasteiger partial charge in [-0.3, -0.25) is 4.98 Å². The summed E-state index contributed by atoms with van der Waals surface area (Å²) in [7, 11) is 0. The Morgan fingerprint density at radius 3 is 3.08 bits per heavy atom. The first kappa shape index (κ1) is 7.28. The van der Waals surface area contributed by atoms with Crippen LogP contribution in [0.2, 0.25) is 0 Å². The number of rotatable bonds is 1. The molecule has 0 aliphatic carbocycles. The lowest BCUT2D eigenvalue weighted by atomic mass is 10.3. The van der Waals surface area contributed by atoms with Crippen LogP contribution in [0.3, 0.4) is 0 Å². The molecular formula is C9H11N3. The van der Waals surface area contributed by atoms with Crippen molar-refractivity contribution in [2.45, 2.75) is 20.3 Å². The minimum atomic E-state index is 0.961. The van der Waals surface area contributed by atoms with Gasteiger partial charge in [-0.25, -0.2) is 4.98 Å². The fourth-order valence-corrected chi connectivity index (χ4v) is 1.42. The van der Waals surface area contributed by atoms with Gasteiger partial charge in [0, 0.05) is 12.4 Å². The lowest BCUT2D eigenvalue weighted by Gasteiger charge is -1.93. The molecule has 0 aromatic carbocycles. The highest BCUT2D eigenvalue weighted by Crippen LogP contribution is 2.10. The van der Waals surface area contributed by atoms with Gasteiger partial charge in [0.2, 0.25) is 0 Å². The Morgan fingerprint density at radius 1 is 1.50 bits per heavy atom. The van der Waals surface area contributed by atoms with Gasteiger partial charge < -0.3 is 4.40 Å². The molecule has 2 heterocycles. The maximum atomic E-state index is 4.43. The maximum absolute atomic E-state index is 4.43. The zero-order valence-corrected chi connectivity index (χ0v) is 7.28. The van der Waals surface area contributed by atoms with Crippen LogP contribution < -0.4 is 0 Å². The van der Waals surface area contributed by atoms with Gasteiger partial charge in [-0.2, -0.15) is 0 Å². The Kier molecular flexibility index (Phi) is 1.57. The van der Waals surface area contributed by atoms with Crippen molar-refractivity contribution in [3.63, 3.8) is 0 Å². The molecule has 0 atom stereocenters. The second-order valence-corrected chi connectivity index (χ2v) is 2.79. The van der Waals surface area contributed by atoms with Gasteiger partial charge in [0.05, 0.1) is 17.4 Å². The van der Waals surface area contributed by atoms with Gasteiger partial charge in [0.1, 0.15) is 5.82 Å². The van der Waals surface area contributed by atoms with E-state index in [2.05, 4.69) is 21.3 Å². The summed E-state index contributed by atoms with van der Waals surface area (Å²) in [6.07, 6.45) is 6.54. The van der Waals surface area contributed by atoms with Crippen LogP contribution in [0.1, 0.15) is 18.4 Å². The highest BCUT2D eigenvalue weighted by molar-refractivity contribution is 5.50. The second kappa shape index (κ2) is 2.59. The van der Waals surface area contributed by atoms with Crippen molar-refractivity contribution in [3.05, 3.63) is 30.1 Å². The zero-order valence-electron chi connectivity index (χ0n) is 7.28. The van der Waals surface area contributed by atoms with Crippen LogP contribution in [0.5, 0.6) is 0 Å². The van der Waals surface area contributed by atoms with Crippen LogP contribution in [-0.2, 0) is 6.42 Å². The predicted molar refractivity (Wildman–Crippen MR) is 47.1 cm³/mol. The smallest absolute Gasteiger partial charge is 0.110 e. The van der Waals surface area contributed by atoms with E-state index in [1.807, 2.05) is 19.3 Å². The Morgan fingerprint density at radius 2 is 2.33 bits per heavy atom. The summed E-state index contributed by atoms with van der Waals surface area (Å²) in [5.74, 6) is 1.03. The Hall–Kier alpha value is -1.38. The van der Waals surface area contributed by atoms with Gasteiger partial charge in [0.25, 0.3) is 0 Å². The molecule has 2 aromatic heterocycles. The lowest BCUT2D eigenvalue weighted by molar-refractivity contribution is 1.01. The van der Waals surface area contributed by atoms with Gasteiger partial charge in [-0.05, 0) is 13.3 Å². The van der Waals surface area contributed by atoms with E-state index in [0.29, 0.717) is 0 Å². The Balaban J connectivity index is 2.82. The molecule has 3 heteroatoms. The molecule has 62 valence electrons. The van der Waals surface area contributed by atoms with E-state index < -0.39 is 0 Å². The fraction of sp³-hybridized carbons (Fsp3) is 0.333. The molecular weight excluding hydrogens is 150 g/mol. The number of hydrogen-bond donors (Lipinski definition) is 0. The average Bonchev–Trinajstić information content (AvgIpc) is 2.44. The molecule has 0 aliphatic rings. The number of hydrogen-bond acceptors (Lipinski definition) is 2. The summed E-state index contributed by atoms with van der Waals surface area (Å²) in [4.78, 5) is 8.51. The SMILES string of the molecule is CCc1nc(C)n2ccncc12. The third kappa shape index (κ3) is 0.897. The Labute approximate surface area is 71.1 Å². The highest BCUT2D eigenvalue weighted by Gasteiger charge is 2.04. The first-order valence-electron chi connectivity index (χ1n) is 4.10. The molecule has 12 heavy (non-hydrogen) atoms. The van der Waals surface area contributed by atoms with Gasteiger partial charge >= 0.3 is 0 Å². The fourth-order valence-electron chi connectivity index (χ4n) is 1.42. The molecule has 0 spiro atoms. The molecule has 0 fully saturated rings. The van der Waals surface area contributed by atoms with Crippen molar-refractivity contribution >= 4 is 5.52 Å². The van der Waals surface area contributed by atoms with Crippen LogP contribution in [0.4, 0.5) is 0 Å². The standard InChI is InChI=1S/C9H11N3/c1-3-8-9-6-10-4-5-12(9)7(2)11-8/h4-6H,3H2,1-2H3. The molecule has 0 radical (unpaired) electrons. The maximum Gasteiger partial charge on any atom is 0.110 e. The molecule has 0 saturated carbocycles. The molecule has 3 nitrogen and oxygen atoms in total. The summed E-state index contributed by atoms with van der Waals surface area (Å²) in [6, 6.07) is 0. The summed E-state index contributed by atoms with van der Waals surface area (Å²) in [5.41, 5.74) is 2.25. The molecule has 2 aromatic rings. The van der Waals surface area contributed by atoms with Crippen LogP contribution >= 0.6 is 0 Å². The van der Waals surface area contributed by atoms with Gasteiger partial charge in [-0.1, -0.05) is 6.92 Å². The molecule has 2 rings (SSSR count). The first-order valence-corrected chi connectivity index (χ1v) is 4.10. The molecule has 0 N–H and O–H groups in total. The largest absolute Gasteiger partial charge is 0.301 e. The molecule has 0 aliphatic heterocycles. The van der Waals surface area contributed by atoms with Crippen molar-refractivity contribution in [1.82, 2.24) is 14.4 Å². The van der Waals surface area contributed by atoms with E-state index in [4.69, 9.17) is 0 Å². The Bertz CT molecular complexity index is 403. The zero-order chi connectivity index (χ0) is 8.55. The normalized spacial score (nSPS) is 10.8. The highest BCUT2D eigenvalue weighted by atomic mass is 15.0. The number of aromatic nitrogens is 3. The van der Waals surface area contributed by atoms with Crippen LogP contribution in [0.25, 0.3) is 5.52 Å². The monoisotopic (exact) mass is 161 g/mol. The van der Waals surface area contributed by atoms with Gasteiger partial charge in [0.15, 0.2) is 0 Å². The third-order valence-electron chi connectivity index (χ3n) is 2.03. The summed E-state index contributed by atoms with van der Waals surface area (Å²) < 4.78 is 2.06. The van der Waals surface area contributed by atoms with E-state index in [1.54, 1.807) is 6.20 Å². The predicted octanol–water partition coefficient (Wildman–Crippen LogP) is 1.60. The molecule has 0 unspecified atom stereocenters. The van der Waals surface area contributed by atoms with E-state index in [-0.39, 0.29) is 0 Å². The van der Waals surface area contributed by atoms with E-state index in [9.17, 15) is 0 Å². The van der Waals surface area contributed by atoms with Crippen molar-refractivity contribution in [2.75, 3.05) is 0 Å². The van der Waals surface area contributed by atoms with Crippen molar-refractivity contribution in [1.29, 1.82) is 0 Å². The minimum Gasteiger partial charge on any atom is -0.301 e. The quantitative estimate of drug-likeness (QED) is 0.636. The van der Waals surface area contributed by atoms with Gasteiger partial charge in [-0.15, -0.1) is 0 Å². The second-order valence-electron chi connectivity index (χ2n) is 2.79. The number of aryl methyl sites for hydroxylation is 2. The van der Waals surface area contributed by atoms with Crippen LogP contribution in [0.15, 0.2) is 18.6 Å².